The van der Waals surface area contributed by atoms with Crippen LogP contribution in [-0.4, -0.2) is 37.6 Å². The van der Waals surface area contributed by atoms with Gasteiger partial charge >= 0.3 is 0 Å². The van der Waals surface area contributed by atoms with Crippen LogP contribution in [0.1, 0.15) is 18.4 Å². The lowest BCUT2D eigenvalue weighted by Crippen LogP contribution is -2.27. The van der Waals surface area contributed by atoms with E-state index in [0.29, 0.717) is 18.3 Å². The van der Waals surface area contributed by atoms with E-state index in [0.717, 1.165) is 5.56 Å². The molecule has 1 fully saturated rings. The highest BCUT2D eigenvalue weighted by Gasteiger charge is 2.20. The normalized spacial score (nSPS) is 14.3. The second-order valence-electron chi connectivity index (χ2n) is 5.03. The van der Waals surface area contributed by atoms with Gasteiger partial charge in [0.1, 0.15) is 11.6 Å². The van der Waals surface area contributed by atoms with Gasteiger partial charge in [0.25, 0.3) is 5.91 Å². The number of hydrogen-bond acceptors (Lipinski definition) is 3. The predicted molar refractivity (Wildman–Crippen MR) is 70.5 cm³/mol. The fraction of sp³-hybridized carbons (Fsp3) is 0.500. The molecule has 5 heteroatoms. The number of benzene rings is 1. The highest BCUT2D eigenvalue weighted by atomic mass is 19.1. The number of hydrogen-bond donors (Lipinski definition) is 1. The molecule has 0 aliphatic heterocycles. The van der Waals surface area contributed by atoms with Crippen LogP contribution in [-0.2, 0) is 11.3 Å². The lowest BCUT2D eigenvalue weighted by atomic mass is 10.2. The maximum absolute atomic E-state index is 13.4. The summed E-state index contributed by atoms with van der Waals surface area (Å²) in [5.41, 5.74) is 0.833. The molecule has 2 rings (SSSR count). The van der Waals surface area contributed by atoms with Crippen LogP contribution >= 0.6 is 0 Å². The highest BCUT2D eigenvalue weighted by Crippen LogP contribution is 2.21. The summed E-state index contributed by atoms with van der Waals surface area (Å²) in [5, 5.41) is 3.31. The molecule has 0 radical (unpaired) electrons. The third kappa shape index (κ3) is 4.52. The molecule has 4 nitrogen and oxygen atoms in total. The first-order chi connectivity index (χ1) is 9.04. The monoisotopic (exact) mass is 266 g/mol. The van der Waals surface area contributed by atoms with Crippen molar-refractivity contribution in [3.05, 3.63) is 29.6 Å². The van der Waals surface area contributed by atoms with E-state index in [9.17, 15) is 9.18 Å². The third-order valence-electron chi connectivity index (χ3n) is 2.96. The van der Waals surface area contributed by atoms with E-state index in [-0.39, 0.29) is 18.3 Å². The van der Waals surface area contributed by atoms with E-state index in [2.05, 4.69) is 5.32 Å². The average molecular weight is 266 g/mol. The van der Waals surface area contributed by atoms with Crippen molar-refractivity contribution >= 4 is 5.91 Å². The fourth-order valence-electron chi connectivity index (χ4n) is 1.63. The first kappa shape index (κ1) is 13.8. The number of carbonyl (C=O) groups excluding carboxylic acids is 1. The van der Waals surface area contributed by atoms with Crippen LogP contribution in [0.5, 0.6) is 5.75 Å². The molecule has 1 aromatic carbocycles. The second kappa shape index (κ2) is 6.02. The van der Waals surface area contributed by atoms with Gasteiger partial charge in [-0.15, -0.1) is 0 Å². The fourth-order valence-corrected chi connectivity index (χ4v) is 1.63. The molecule has 0 bridgehead atoms. The van der Waals surface area contributed by atoms with E-state index in [4.69, 9.17) is 4.74 Å². The molecule has 0 aromatic heterocycles. The van der Waals surface area contributed by atoms with Crippen molar-refractivity contribution in [2.45, 2.75) is 25.4 Å². The van der Waals surface area contributed by atoms with Crippen molar-refractivity contribution in [2.75, 3.05) is 20.7 Å². The molecule has 1 saturated carbocycles. The molecule has 0 unspecified atom stereocenters. The predicted octanol–water partition coefficient (Wildman–Crippen LogP) is 1.54. The van der Waals surface area contributed by atoms with Gasteiger partial charge in [0, 0.05) is 32.7 Å². The number of amides is 1. The Morgan fingerprint density at radius 1 is 1.42 bits per heavy atom. The van der Waals surface area contributed by atoms with Gasteiger partial charge in [-0.25, -0.2) is 4.39 Å². The number of nitrogens with one attached hydrogen (secondary N) is 1. The van der Waals surface area contributed by atoms with E-state index in [1.54, 1.807) is 20.2 Å². The number of halogens is 1. The van der Waals surface area contributed by atoms with Crippen LogP contribution in [0.25, 0.3) is 0 Å². The third-order valence-corrected chi connectivity index (χ3v) is 2.96. The van der Waals surface area contributed by atoms with E-state index < -0.39 is 0 Å². The van der Waals surface area contributed by atoms with Gasteiger partial charge in [0.05, 0.1) is 0 Å². The molecular weight excluding hydrogens is 247 g/mol. The summed E-state index contributed by atoms with van der Waals surface area (Å²) >= 11 is 0. The van der Waals surface area contributed by atoms with Crippen LogP contribution in [0.4, 0.5) is 4.39 Å². The molecule has 104 valence electrons. The first-order valence-corrected chi connectivity index (χ1v) is 6.40. The molecule has 0 atom stereocenters. The number of rotatable bonds is 6. The summed E-state index contributed by atoms with van der Waals surface area (Å²) in [4.78, 5) is 12.8. The van der Waals surface area contributed by atoms with Gasteiger partial charge in [-0.3, -0.25) is 4.79 Å². The molecule has 1 aliphatic carbocycles. The van der Waals surface area contributed by atoms with Crippen molar-refractivity contribution in [2.24, 2.45) is 0 Å². The lowest BCUT2D eigenvalue weighted by Gasteiger charge is -2.12. The summed E-state index contributed by atoms with van der Waals surface area (Å²) in [7, 11) is 3.31. The Bertz CT molecular complexity index is 459. The second-order valence-corrected chi connectivity index (χ2v) is 5.03. The zero-order valence-electron chi connectivity index (χ0n) is 11.3. The van der Waals surface area contributed by atoms with Crippen LogP contribution in [0.3, 0.4) is 0 Å². The molecule has 0 saturated heterocycles. The van der Waals surface area contributed by atoms with E-state index >= 15 is 0 Å². The van der Waals surface area contributed by atoms with Crippen molar-refractivity contribution < 1.29 is 13.9 Å². The molecular formula is C14H19FN2O2. The smallest absolute Gasteiger partial charge is 0.259 e. The van der Waals surface area contributed by atoms with Crippen LogP contribution in [0.2, 0.25) is 0 Å². The standard InChI is InChI=1S/C14H19FN2O2/c1-17(2)14(18)9-19-13-6-10(5-11(15)7-13)8-16-12-3-4-12/h5-7,12,16H,3-4,8-9H2,1-2H3. The van der Waals surface area contributed by atoms with Gasteiger partial charge in [-0.05, 0) is 30.5 Å². The molecule has 0 spiro atoms. The average Bonchev–Trinajstić information content (AvgIpc) is 3.16. The topological polar surface area (TPSA) is 41.6 Å². The maximum Gasteiger partial charge on any atom is 0.259 e. The number of ether oxygens (including phenoxy) is 1. The van der Waals surface area contributed by atoms with Gasteiger partial charge < -0.3 is 15.0 Å². The SMILES string of the molecule is CN(C)C(=O)COc1cc(F)cc(CNC2CC2)c1. The van der Waals surface area contributed by atoms with Crippen LogP contribution in [0.15, 0.2) is 18.2 Å². The Morgan fingerprint density at radius 2 is 2.16 bits per heavy atom. The van der Waals surface area contributed by atoms with Gasteiger partial charge in [-0.2, -0.15) is 0 Å². The van der Waals surface area contributed by atoms with Gasteiger partial charge in [0.15, 0.2) is 6.61 Å². The minimum atomic E-state index is -0.345. The lowest BCUT2D eigenvalue weighted by molar-refractivity contribution is -0.130. The number of nitrogens with zero attached hydrogens (tertiary/aromatic N) is 1. The number of carbonyl (C=O) groups is 1. The Morgan fingerprint density at radius 3 is 2.79 bits per heavy atom. The first-order valence-electron chi connectivity index (χ1n) is 6.40. The zero-order chi connectivity index (χ0) is 13.8. The number of likely N-dealkylation sites (N-methyl/N-ethyl adjacent to an activating group) is 1. The maximum atomic E-state index is 13.4. The molecule has 1 N–H and O–H groups in total. The minimum absolute atomic E-state index is 0.0774. The Hall–Kier alpha value is -1.62. The molecule has 0 heterocycles. The Balaban J connectivity index is 1.93. The van der Waals surface area contributed by atoms with Crippen molar-refractivity contribution in [1.82, 2.24) is 10.2 Å². The molecule has 1 aliphatic rings. The summed E-state index contributed by atoms with van der Waals surface area (Å²) in [5.74, 6) is -0.105. The quantitative estimate of drug-likeness (QED) is 0.849. The molecule has 19 heavy (non-hydrogen) atoms. The van der Waals surface area contributed by atoms with Gasteiger partial charge in [-0.1, -0.05) is 0 Å². The highest BCUT2D eigenvalue weighted by molar-refractivity contribution is 5.77. The van der Waals surface area contributed by atoms with E-state index in [1.807, 2.05) is 0 Å². The van der Waals surface area contributed by atoms with Crippen LogP contribution in [0, 0.1) is 5.82 Å². The summed E-state index contributed by atoms with van der Waals surface area (Å²) in [6.07, 6.45) is 2.38. The Kier molecular flexibility index (Phi) is 4.37. The zero-order valence-corrected chi connectivity index (χ0v) is 11.3. The van der Waals surface area contributed by atoms with E-state index in [1.165, 1.54) is 29.9 Å². The largest absolute Gasteiger partial charge is 0.484 e. The van der Waals surface area contributed by atoms with Crippen LogP contribution < -0.4 is 10.1 Å². The van der Waals surface area contributed by atoms with Crippen molar-refractivity contribution in [3.8, 4) is 5.75 Å². The van der Waals surface area contributed by atoms with Crippen molar-refractivity contribution in [3.63, 3.8) is 0 Å². The summed E-state index contributed by atoms with van der Waals surface area (Å²) in [6, 6.07) is 5.11. The van der Waals surface area contributed by atoms with Gasteiger partial charge in [0.2, 0.25) is 0 Å². The minimum Gasteiger partial charge on any atom is -0.484 e. The Labute approximate surface area is 112 Å². The summed E-state index contributed by atoms with van der Waals surface area (Å²) < 4.78 is 18.8. The summed E-state index contributed by atoms with van der Waals surface area (Å²) in [6.45, 7) is 0.548. The molecule has 1 aromatic rings. The molecule has 1 amide bonds. The van der Waals surface area contributed by atoms with Crippen molar-refractivity contribution in [1.29, 1.82) is 0 Å².